The van der Waals surface area contributed by atoms with Gasteiger partial charge in [0.25, 0.3) is 0 Å². The topological polar surface area (TPSA) is 21.3 Å². The van der Waals surface area contributed by atoms with Crippen LogP contribution in [0.15, 0.2) is 18.2 Å². The molecule has 0 spiro atoms. The molecule has 1 aromatic rings. The van der Waals surface area contributed by atoms with E-state index in [0.717, 1.165) is 18.6 Å². The molecule has 0 aromatic heterocycles. The van der Waals surface area contributed by atoms with Crippen molar-refractivity contribution in [1.82, 2.24) is 5.32 Å². The summed E-state index contributed by atoms with van der Waals surface area (Å²) in [5.41, 5.74) is 0.297. The van der Waals surface area contributed by atoms with E-state index in [4.69, 9.17) is 4.74 Å². The summed E-state index contributed by atoms with van der Waals surface area (Å²) >= 11 is 0. The maximum atomic E-state index is 13.6. The molecule has 1 aliphatic rings. The van der Waals surface area contributed by atoms with E-state index in [0.29, 0.717) is 30.7 Å². The number of benzene rings is 1. The van der Waals surface area contributed by atoms with Crippen LogP contribution in [0.1, 0.15) is 31.9 Å². The third-order valence-electron chi connectivity index (χ3n) is 3.15. The molecule has 2 unspecified atom stereocenters. The largest absolute Gasteiger partial charge is 0.370 e. The highest BCUT2D eigenvalue weighted by molar-refractivity contribution is 5.22. The van der Waals surface area contributed by atoms with Gasteiger partial charge in [0.2, 0.25) is 0 Å². The van der Waals surface area contributed by atoms with Crippen LogP contribution in [0.3, 0.4) is 0 Å². The summed E-state index contributed by atoms with van der Waals surface area (Å²) in [5, 5.41) is 3.33. The van der Waals surface area contributed by atoms with E-state index < -0.39 is 17.7 Å². The molecule has 1 heterocycles. The van der Waals surface area contributed by atoms with Crippen LogP contribution in [-0.2, 0) is 4.74 Å². The van der Waals surface area contributed by atoms with Crippen LogP contribution in [-0.4, -0.2) is 19.2 Å². The van der Waals surface area contributed by atoms with Crippen molar-refractivity contribution in [1.29, 1.82) is 0 Å². The van der Waals surface area contributed by atoms with Gasteiger partial charge in [-0.25, -0.2) is 8.78 Å². The van der Waals surface area contributed by atoms with Crippen LogP contribution in [0.4, 0.5) is 8.78 Å². The highest BCUT2D eigenvalue weighted by Crippen LogP contribution is 2.24. The second-order valence-electron chi connectivity index (χ2n) is 5.22. The lowest BCUT2D eigenvalue weighted by Crippen LogP contribution is -2.43. The van der Waals surface area contributed by atoms with Gasteiger partial charge < -0.3 is 10.1 Å². The fourth-order valence-corrected chi connectivity index (χ4v) is 2.31. The Morgan fingerprint density at radius 2 is 2.17 bits per heavy atom. The lowest BCUT2D eigenvalue weighted by molar-refractivity contribution is -0.00327. The number of halogens is 2. The van der Waals surface area contributed by atoms with Crippen LogP contribution >= 0.6 is 0 Å². The van der Waals surface area contributed by atoms with Gasteiger partial charge in [-0.2, -0.15) is 0 Å². The third kappa shape index (κ3) is 3.27. The molecule has 0 saturated carbocycles. The summed E-state index contributed by atoms with van der Waals surface area (Å²) < 4.78 is 32.3. The van der Waals surface area contributed by atoms with Gasteiger partial charge in [-0.3, -0.25) is 0 Å². The number of hydrogen-bond acceptors (Lipinski definition) is 2. The van der Waals surface area contributed by atoms with Crippen molar-refractivity contribution in [3.05, 3.63) is 35.4 Å². The standard InChI is InChI=1S/C14H19F2NO/c1-9(2)5-11-8-18-14(7-17-11)12-6-10(15)3-4-13(12)16/h3-4,6,9,11,14,17H,5,7-8H2,1-2H3. The molecule has 1 N–H and O–H groups in total. The Kier molecular flexibility index (Phi) is 4.30. The molecule has 2 nitrogen and oxygen atoms in total. The molecule has 0 radical (unpaired) electrons. The Labute approximate surface area is 106 Å². The zero-order valence-electron chi connectivity index (χ0n) is 10.7. The highest BCUT2D eigenvalue weighted by atomic mass is 19.1. The number of hydrogen-bond donors (Lipinski definition) is 1. The molecule has 1 fully saturated rings. The molecule has 1 saturated heterocycles. The monoisotopic (exact) mass is 255 g/mol. The Balaban J connectivity index is 1.99. The zero-order valence-corrected chi connectivity index (χ0v) is 10.7. The zero-order chi connectivity index (χ0) is 13.1. The molecule has 2 rings (SSSR count). The van der Waals surface area contributed by atoms with E-state index in [1.807, 2.05) is 0 Å². The Morgan fingerprint density at radius 3 is 2.78 bits per heavy atom. The predicted molar refractivity (Wildman–Crippen MR) is 66.3 cm³/mol. The van der Waals surface area contributed by atoms with Crippen LogP contribution in [0.2, 0.25) is 0 Å². The molecule has 1 aliphatic heterocycles. The van der Waals surface area contributed by atoms with Crippen molar-refractivity contribution < 1.29 is 13.5 Å². The normalized spacial score (nSPS) is 24.5. The average Bonchev–Trinajstić information content (AvgIpc) is 2.33. The van der Waals surface area contributed by atoms with Crippen LogP contribution in [0.25, 0.3) is 0 Å². The second-order valence-corrected chi connectivity index (χ2v) is 5.22. The SMILES string of the molecule is CC(C)CC1COC(c2cc(F)ccc2F)CN1. The van der Waals surface area contributed by atoms with E-state index in [1.165, 1.54) is 6.07 Å². The van der Waals surface area contributed by atoms with Gasteiger partial charge in [0.15, 0.2) is 0 Å². The van der Waals surface area contributed by atoms with Crippen molar-refractivity contribution in [2.24, 2.45) is 5.92 Å². The molecular formula is C14H19F2NO. The molecule has 0 amide bonds. The van der Waals surface area contributed by atoms with Gasteiger partial charge in [-0.05, 0) is 30.5 Å². The van der Waals surface area contributed by atoms with Gasteiger partial charge in [0.05, 0.1) is 12.7 Å². The molecule has 2 atom stereocenters. The van der Waals surface area contributed by atoms with Gasteiger partial charge in [-0.15, -0.1) is 0 Å². The van der Waals surface area contributed by atoms with E-state index in [9.17, 15) is 8.78 Å². The fraction of sp³-hybridized carbons (Fsp3) is 0.571. The first-order chi connectivity index (χ1) is 8.56. The molecule has 18 heavy (non-hydrogen) atoms. The lowest BCUT2D eigenvalue weighted by Gasteiger charge is -2.31. The van der Waals surface area contributed by atoms with Gasteiger partial charge in [0, 0.05) is 18.2 Å². The fourth-order valence-electron chi connectivity index (χ4n) is 2.31. The highest BCUT2D eigenvalue weighted by Gasteiger charge is 2.25. The summed E-state index contributed by atoms with van der Waals surface area (Å²) in [5.74, 6) is -0.252. The van der Waals surface area contributed by atoms with E-state index in [2.05, 4.69) is 19.2 Å². The van der Waals surface area contributed by atoms with Crippen molar-refractivity contribution in [2.75, 3.05) is 13.2 Å². The molecule has 100 valence electrons. The first-order valence-electron chi connectivity index (χ1n) is 6.36. The first kappa shape index (κ1) is 13.4. The van der Waals surface area contributed by atoms with Crippen LogP contribution in [0, 0.1) is 17.6 Å². The van der Waals surface area contributed by atoms with E-state index in [1.54, 1.807) is 0 Å². The Bertz CT molecular complexity index is 401. The van der Waals surface area contributed by atoms with Gasteiger partial charge >= 0.3 is 0 Å². The summed E-state index contributed by atoms with van der Waals surface area (Å²) in [4.78, 5) is 0. The maximum absolute atomic E-state index is 13.6. The minimum absolute atomic E-state index is 0.297. The Hall–Kier alpha value is -1.00. The number of nitrogens with one attached hydrogen (secondary N) is 1. The van der Waals surface area contributed by atoms with Crippen molar-refractivity contribution in [3.63, 3.8) is 0 Å². The third-order valence-corrected chi connectivity index (χ3v) is 3.15. The van der Waals surface area contributed by atoms with Crippen LogP contribution in [0.5, 0.6) is 0 Å². The molecular weight excluding hydrogens is 236 g/mol. The first-order valence-corrected chi connectivity index (χ1v) is 6.36. The van der Waals surface area contributed by atoms with E-state index >= 15 is 0 Å². The van der Waals surface area contributed by atoms with Crippen molar-refractivity contribution >= 4 is 0 Å². The summed E-state index contributed by atoms with van der Waals surface area (Å²) in [6, 6.07) is 3.79. The second kappa shape index (κ2) is 5.76. The summed E-state index contributed by atoms with van der Waals surface area (Å²) in [6.07, 6.45) is 0.627. The number of rotatable bonds is 3. The predicted octanol–water partition coefficient (Wildman–Crippen LogP) is 3.04. The van der Waals surface area contributed by atoms with Gasteiger partial charge in [-0.1, -0.05) is 13.8 Å². The quantitative estimate of drug-likeness (QED) is 0.896. The molecule has 0 aliphatic carbocycles. The molecule has 1 aromatic carbocycles. The minimum Gasteiger partial charge on any atom is -0.370 e. The Morgan fingerprint density at radius 1 is 1.39 bits per heavy atom. The van der Waals surface area contributed by atoms with Crippen molar-refractivity contribution in [3.8, 4) is 0 Å². The van der Waals surface area contributed by atoms with Gasteiger partial charge in [0.1, 0.15) is 11.6 Å². The summed E-state index contributed by atoms with van der Waals surface area (Å²) in [7, 11) is 0. The maximum Gasteiger partial charge on any atom is 0.129 e. The molecule has 0 bridgehead atoms. The van der Waals surface area contributed by atoms with E-state index in [-0.39, 0.29) is 0 Å². The lowest BCUT2D eigenvalue weighted by atomic mass is 10.0. The minimum atomic E-state index is -0.431. The van der Waals surface area contributed by atoms with Crippen molar-refractivity contribution in [2.45, 2.75) is 32.4 Å². The molecule has 4 heteroatoms. The average molecular weight is 255 g/mol. The number of morpholine rings is 1. The summed E-state index contributed by atoms with van der Waals surface area (Å²) in [6.45, 7) is 5.37. The smallest absolute Gasteiger partial charge is 0.129 e. The number of ether oxygens (including phenoxy) is 1. The van der Waals surface area contributed by atoms with Crippen LogP contribution < -0.4 is 5.32 Å².